The summed E-state index contributed by atoms with van der Waals surface area (Å²) in [5.74, 6) is 0.404. The summed E-state index contributed by atoms with van der Waals surface area (Å²) in [7, 11) is -0.849. The zero-order chi connectivity index (χ0) is 22.6. The average Bonchev–Trinajstić information content (AvgIpc) is 3.07. The Labute approximate surface area is 180 Å². The van der Waals surface area contributed by atoms with Gasteiger partial charge in [0.2, 0.25) is 5.91 Å². The molecule has 31 heavy (non-hydrogen) atoms. The molecule has 160 valence electrons. The number of fused-ring (bicyclic) bond motifs is 1. The van der Waals surface area contributed by atoms with E-state index in [1.807, 2.05) is 37.3 Å². The molecule has 1 aromatic carbocycles. The van der Waals surface area contributed by atoms with E-state index in [-0.39, 0.29) is 24.0 Å². The number of rotatable bonds is 7. The van der Waals surface area contributed by atoms with Crippen LogP contribution in [0.5, 0.6) is 0 Å². The second-order valence-corrected chi connectivity index (χ2v) is 8.35. The Balaban J connectivity index is 1.74. The number of hydrogen-bond donors (Lipinski definition) is 2. The fourth-order valence-electron chi connectivity index (χ4n) is 2.90. The van der Waals surface area contributed by atoms with Crippen molar-refractivity contribution in [2.45, 2.75) is 13.5 Å². The van der Waals surface area contributed by atoms with Crippen LogP contribution in [-0.4, -0.2) is 38.3 Å². The van der Waals surface area contributed by atoms with Crippen LogP contribution in [0.25, 0.3) is 17.0 Å². The summed E-state index contributed by atoms with van der Waals surface area (Å²) in [6.45, 7) is 2.24. The number of aryl methyl sites for hydroxylation is 1. The molecule has 0 unspecified atom stereocenters. The van der Waals surface area contributed by atoms with E-state index >= 15 is 0 Å². The maximum atomic E-state index is 12.5. The van der Waals surface area contributed by atoms with Crippen molar-refractivity contribution in [1.29, 1.82) is 5.26 Å². The lowest BCUT2D eigenvalue weighted by molar-refractivity contribution is -0.125. The molecule has 2 aromatic heterocycles. The van der Waals surface area contributed by atoms with Gasteiger partial charge >= 0.3 is 0 Å². The van der Waals surface area contributed by atoms with E-state index in [1.54, 1.807) is 7.05 Å². The van der Waals surface area contributed by atoms with Gasteiger partial charge in [0.15, 0.2) is 0 Å². The highest BCUT2D eigenvalue weighted by atomic mass is 32.2. The van der Waals surface area contributed by atoms with Crippen LogP contribution in [0.2, 0.25) is 0 Å². The number of anilines is 1. The topological polar surface area (TPSA) is 128 Å². The number of pyridine rings is 1. The summed E-state index contributed by atoms with van der Waals surface area (Å²) in [5, 5.41) is 10.3. The molecule has 0 radical (unpaired) electrons. The third kappa shape index (κ3) is 5.09. The van der Waals surface area contributed by atoms with E-state index < -0.39 is 10.2 Å². The lowest BCUT2D eigenvalue weighted by Crippen LogP contribution is -2.26. The summed E-state index contributed by atoms with van der Waals surface area (Å²) >= 11 is 0. The number of aromatic nitrogens is 1. The molecule has 9 nitrogen and oxygen atoms in total. The third-order valence-electron chi connectivity index (χ3n) is 4.64. The molecule has 0 spiro atoms. The number of furan rings is 1. The van der Waals surface area contributed by atoms with Gasteiger partial charge in [-0.15, -0.1) is 0 Å². The standard InChI is InChI=1S/C21H21N5O4S/c1-14-16-6-4-5-7-18(16)30-19(14)13-26(3)21(27)11-9-15-8-10-20(24-17(15)12-22)25-31(28,29)23-2/h4-11,23H,13H2,1-3H3,(H,24,25)/b11-9+. The Morgan fingerprint density at radius 2 is 2.03 bits per heavy atom. The number of benzene rings is 1. The van der Waals surface area contributed by atoms with Crippen LogP contribution >= 0.6 is 0 Å². The Hall–Kier alpha value is -3.68. The minimum Gasteiger partial charge on any atom is -0.459 e. The van der Waals surface area contributed by atoms with E-state index in [4.69, 9.17) is 4.42 Å². The van der Waals surface area contributed by atoms with Crippen molar-refractivity contribution in [3.05, 3.63) is 65.1 Å². The summed E-state index contributed by atoms with van der Waals surface area (Å²) in [6.07, 6.45) is 2.79. The van der Waals surface area contributed by atoms with Crippen molar-refractivity contribution in [3.63, 3.8) is 0 Å². The molecule has 3 aromatic rings. The highest BCUT2D eigenvalue weighted by Gasteiger charge is 2.15. The lowest BCUT2D eigenvalue weighted by Gasteiger charge is -2.14. The van der Waals surface area contributed by atoms with Crippen molar-refractivity contribution in [2.24, 2.45) is 0 Å². The number of nitrogens with zero attached hydrogens (tertiary/aromatic N) is 3. The van der Waals surface area contributed by atoms with Crippen LogP contribution in [0.4, 0.5) is 5.82 Å². The Morgan fingerprint density at radius 1 is 1.29 bits per heavy atom. The maximum Gasteiger partial charge on any atom is 0.300 e. The molecule has 0 saturated heterocycles. The minimum absolute atomic E-state index is 0.00754. The van der Waals surface area contributed by atoms with Crippen LogP contribution < -0.4 is 9.44 Å². The largest absolute Gasteiger partial charge is 0.459 e. The molecule has 0 saturated carbocycles. The smallest absolute Gasteiger partial charge is 0.300 e. The number of amides is 1. The van der Waals surface area contributed by atoms with Crippen molar-refractivity contribution in [3.8, 4) is 6.07 Å². The van der Waals surface area contributed by atoms with Gasteiger partial charge in [0.05, 0.1) is 6.54 Å². The number of carbonyl (C=O) groups excluding carboxylic acids is 1. The molecule has 0 bridgehead atoms. The quantitative estimate of drug-likeness (QED) is 0.545. The van der Waals surface area contributed by atoms with E-state index in [1.165, 1.54) is 36.2 Å². The van der Waals surface area contributed by atoms with Crippen molar-refractivity contribution in [2.75, 3.05) is 18.8 Å². The number of carbonyl (C=O) groups is 1. The summed E-state index contributed by atoms with van der Waals surface area (Å²) in [6, 6.07) is 12.5. The van der Waals surface area contributed by atoms with Gasteiger partial charge in [0.25, 0.3) is 10.2 Å². The normalized spacial score (nSPS) is 11.5. The first-order chi connectivity index (χ1) is 14.7. The minimum atomic E-state index is -3.75. The van der Waals surface area contributed by atoms with Crippen molar-refractivity contribution < 1.29 is 17.6 Å². The monoisotopic (exact) mass is 439 g/mol. The zero-order valence-corrected chi connectivity index (χ0v) is 18.0. The first kappa shape index (κ1) is 22.0. The van der Waals surface area contributed by atoms with Crippen LogP contribution in [-0.2, 0) is 21.5 Å². The van der Waals surface area contributed by atoms with E-state index in [2.05, 4.69) is 14.4 Å². The van der Waals surface area contributed by atoms with Crippen molar-refractivity contribution >= 4 is 39.0 Å². The van der Waals surface area contributed by atoms with Gasteiger partial charge in [-0.2, -0.15) is 13.7 Å². The van der Waals surface area contributed by atoms with Crippen LogP contribution in [0, 0.1) is 18.3 Å². The molecule has 0 atom stereocenters. The molecular weight excluding hydrogens is 418 g/mol. The number of para-hydroxylation sites is 1. The van der Waals surface area contributed by atoms with Gasteiger partial charge < -0.3 is 9.32 Å². The summed E-state index contributed by atoms with van der Waals surface area (Å²) in [5.41, 5.74) is 2.12. The fraction of sp³-hybridized carbons (Fsp3) is 0.190. The average molecular weight is 439 g/mol. The van der Waals surface area contributed by atoms with Crippen LogP contribution in [0.15, 0.2) is 46.9 Å². The molecule has 2 N–H and O–H groups in total. The zero-order valence-electron chi connectivity index (χ0n) is 17.2. The van der Waals surface area contributed by atoms with Gasteiger partial charge in [0, 0.05) is 36.7 Å². The van der Waals surface area contributed by atoms with Crippen LogP contribution in [0.1, 0.15) is 22.6 Å². The van der Waals surface area contributed by atoms with Gasteiger partial charge in [0.1, 0.15) is 28.9 Å². The van der Waals surface area contributed by atoms with E-state index in [9.17, 15) is 18.5 Å². The first-order valence-electron chi connectivity index (χ1n) is 9.26. The fourth-order valence-corrected chi connectivity index (χ4v) is 3.39. The molecule has 1 amide bonds. The van der Waals surface area contributed by atoms with Gasteiger partial charge in [-0.1, -0.05) is 18.2 Å². The lowest BCUT2D eigenvalue weighted by atomic mass is 10.1. The molecular formula is C21H21N5O4S. The van der Waals surface area contributed by atoms with E-state index in [0.29, 0.717) is 11.3 Å². The summed E-state index contributed by atoms with van der Waals surface area (Å²) in [4.78, 5) is 18.0. The number of nitriles is 1. The second kappa shape index (κ2) is 8.99. The molecule has 0 aliphatic carbocycles. The predicted octanol–water partition coefficient (Wildman–Crippen LogP) is 2.56. The third-order valence-corrected chi connectivity index (χ3v) is 5.66. The van der Waals surface area contributed by atoms with Gasteiger partial charge in [-0.05, 0) is 31.2 Å². The number of hydrogen-bond acceptors (Lipinski definition) is 6. The molecule has 0 aliphatic heterocycles. The SMILES string of the molecule is CNS(=O)(=O)Nc1ccc(/C=C/C(=O)N(C)Cc2oc3ccccc3c2C)c(C#N)n1. The number of likely N-dealkylation sites (N-methyl/N-ethyl adjacent to an activating group) is 1. The highest BCUT2D eigenvalue weighted by Crippen LogP contribution is 2.25. The van der Waals surface area contributed by atoms with E-state index in [0.717, 1.165) is 16.5 Å². The maximum absolute atomic E-state index is 12.5. The Kier molecular flexibility index (Phi) is 6.39. The van der Waals surface area contributed by atoms with Gasteiger partial charge in [-0.3, -0.25) is 9.52 Å². The molecule has 0 fully saturated rings. The molecule has 0 aliphatic rings. The van der Waals surface area contributed by atoms with Crippen molar-refractivity contribution in [1.82, 2.24) is 14.6 Å². The van der Waals surface area contributed by atoms with Crippen LogP contribution in [0.3, 0.4) is 0 Å². The second-order valence-electron chi connectivity index (χ2n) is 6.73. The summed E-state index contributed by atoms with van der Waals surface area (Å²) < 4.78 is 33.2. The highest BCUT2D eigenvalue weighted by molar-refractivity contribution is 7.90. The Morgan fingerprint density at radius 3 is 2.71 bits per heavy atom. The number of nitrogens with one attached hydrogen (secondary N) is 2. The molecule has 10 heteroatoms. The van der Waals surface area contributed by atoms with Gasteiger partial charge in [-0.25, -0.2) is 9.71 Å². The molecule has 2 heterocycles. The first-order valence-corrected chi connectivity index (χ1v) is 10.7. The Bertz CT molecular complexity index is 1310. The predicted molar refractivity (Wildman–Crippen MR) is 117 cm³/mol. The molecule has 3 rings (SSSR count).